The van der Waals surface area contributed by atoms with Crippen LogP contribution in [-0.4, -0.2) is 17.5 Å². The van der Waals surface area contributed by atoms with Gasteiger partial charge in [-0.25, -0.2) is 9.37 Å². The highest BCUT2D eigenvalue weighted by atomic mass is 19.1. The minimum Gasteiger partial charge on any atom is -0.484 e. The second-order valence-corrected chi connectivity index (χ2v) is 3.77. The van der Waals surface area contributed by atoms with Gasteiger partial charge in [0, 0.05) is 11.8 Å². The molecular formula is C13H12FN3O2. The highest BCUT2D eigenvalue weighted by molar-refractivity contribution is 5.90. The minimum absolute atomic E-state index is 0.178. The lowest BCUT2D eigenvalue weighted by Crippen LogP contribution is -2.20. The molecule has 98 valence electrons. The van der Waals surface area contributed by atoms with Crippen LogP contribution in [0.4, 0.5) is 15.9 Å². The van der Waals surface area contributed by atoms with Crippen molar-refractivity contribution in [2.45, 2.75) is 0 Å². The second-order valence-electron chi connectivity index (χ2n) is 3.77. The highest BCUT2D eigenvalue weighted by Crippen LogP contribution is 2.14. The fraction of sp³-hybridized carbons (Fsp3) is 0.0769. The summed E-state index contributed by atoms with van der Waals surface area (Å²) in [6, 6.07) is 9.33. The van der Waals surface area contributed by atoms with E-state index in [-0.39, 0.29) is 18.3 Å². The van der Waals surface area contributed by atoms with Crippen molar-refractivity contribution in [2.24, 2.45) is 0 Å². The number of aromatic nitrogens is 1. The molecule has 0 radical (unpaired) electrons. The van der Waals surface area contributed by atoms with Gasteiger partial charge in [0.2, 0.25) is 0 Å². The van der Waals surface area contributed by atoms with E-state index in [1.165, 1.54) is 12.1 Å². The number of carbonyl (C=O) groups excluding carboxylic acids is 1. The zero-order chi connectivity index (χ0) is 13.7. The first-order valence-corrected chi connectivity index (χ1v) is 5.53. The van der Waals surface area contributed by atoms with Gasteiger partial charge in [0.1, 0.15) is 17.4 Å². The van der Waals surface area contributed by atoms with Crippen LogP contribution in [0.2, 0.25) is 0 Å². The zero-order valence-corrected chi connectivity index (χ0v) is 9.97. The van der Waals surface area contributed by atoms with E-state index >= 15 is 0 Å². The summed E-state index contributed by atoms with van der Waals surface area (Å²) in [7, 11) is 0. The van der Waals surface area contributed by atoms with E-state index in [9.17, 15) is 9.18 Å². The first-order chi connectivity index (χ1) is 9.13. The summed E-state index contributed by atoms with van der Waals surface area (Å²) in [5.41, 5.74) is 6.13. The van der Waals surface area contributed by atoms with E-state index in [1.807, 2.05) is 0 Å². The molecule has 0 bridgehead atoms. The van der Waals surface area contributed by atoms with Crippen molar-refractivity contribution in [3.63, 3.8) is 0 Å². The van der Waals surface area contributed by atoms with Gasteiger partial charge in [0.15, 0.2) is 6.61 Å². The molecule has 0 aliphatic rings. The third-order valence-electron chi connectivity index (χ3n) is 2.22. The molecule has 6 heteroatoms. The fourth-order valence-electron chi connectivity index (χ4n) is 1.38. The Morgan fingerprint density at radius 2 is 2.21 bits per heavy atom. The van der Waals surface area contributed by atoms with Crippen LogP contribution in [0.15, 0.2) is 42.6 Å². The van der Waals surface area contributed by atoms with Gasteiger partial charge < -0.3 is 15.8 Å². The van der Waals surface area contributed by atoms with Crippen molar-refractivity contribution < 1.29 is 13.9 Å². The summed E-state index contributed by atoms with van der Waals surface area (Å²) < 4.78 is 17.9. The number of carbonyl (C=O) groups is 1. The number of nitrogens with one attached hydrogen (secondary N) is 1. The number of nitrogens with two attached hydrogens (primary N) is 1. The van der Waals surface area contributed by atoms with Gasteiger partial charge in [-0.05, 0) is 24.3 Å². The quantitative estimate of drug-likeness (QED) is 0.823. The molecular weight excluding hydrogens is 249 g/mol. The van der Waals surface area contributed by atoms with E-state index in [1.54, 1.807) is 24.3 Å². The molecule has 0 unspecified atom stereocenters. The summed E-state index contributed by atoms with van der Waals surface area (Å²) in [5.74, 6) is -0.0830. The standard InChI is InChI=1S/C13H12FN3O2/c14-9-4-5-12(16-7-9)17-13(18)8-19-11-3-1-2-10(15)6-11/h1-7H,8,15H2,(H,16,17,18). The van der Waals surface area contributed by atoms with Crippen LogP contribution < -0.4 is 15.8 Å². The number of nitrogen functional groups attached to an aromatic ring is 1. The molecule has 5 nitrogen and oxygen atoms in total. The Labute approximate surface area is 109 Å². The Hall–Kier alpha value is -2.63. The second kappa shape index (κ2) is 5.81. The third kappa shape index (κ3) is 3.95. The number of pyridine rings is 1. The monoisotopic (exact) mass is 261 g/mol. The maximum absolute atomic E-state index is 12.6. The summed E-state index contributed by atoms with van der Waals surface area (Å²) in [4.78, 5) is 15.3. The Bertz CT molecular complexity index is 572. The van der Waals surface area contributed by atoms with E-state index in [4.69, 9.17) is 10.5 Å². The smallest absolute Gasteiger partial charge is 0.263 e. The zero-order valence-electron chi connectivity index (χ0n) is 9.97. The number of anilines is 2. The lowest BCUT2D eigenvalue weighted by atomic mass is 10.3. The van der Waals surface area contributed by atoms with E-state index in [0.717, 1.165) is 6.20 Å². The number of ether oxygens (including phenoxy) is 1. The number of rotatable bonds is 4. The van der Waals surface area contributed by atoms with E-state index in [0.29, 0.717) is 11.4 Å². The Morgan fingerprint density at radius 1 is 1.37 bits per heavy atom. The van der Waals surface area contributed by atoms with Gasteiger partial charge in [0.25, 0.3) is 5.91 Å². The molecule has 2 aromatic rings. The van der Waals surface area contributed by atoms with Gasteiger partial charge in [-0.3, -0.25) is 4.79 Å². The van der Waals surface area contributed by atoms with Crippen molar-refractivity contribution in [1.29, 1.82) is 0 Å². The summed E-state index contributed by atoms with van der Waals surface area (Å²) in [6.45, 7) is -0.178. The highest BCUT2D eigenvalue weighted by Gasteiger charge is 2.04. The van der Waals surface area contributed by atoms with Crippen molar-refractivity contribution >= 4 is 17.4 Å². The number of hydrogen-bond acceptors (Lipinski definition) is 4. The van der Waals surface area contributed by atoms with Crippen molar-refractivity contribution in [3.8, 4) is 5.75 Å². The van der Waals surface area contributed by atoms with Crippen molar-refractivity contribution in [2.75, 3.05) is 17.7 Å². The average molecular weight is 261 g/mol. The van der Waals surface area contributed by atoms with Crippen LogP contribution in [0, 0.1) is 5.82 Å². The molecule has 1 aromatic heterocycles. The molecule has 2 rings (SSSR count). The van der Waals surface area contributed by atoms with Gasteiger partial charge in [0.05, 0.1) is 6.20 Å². The predicted molar refractivity (Wildman–Crippen MR) is 69.2 cm³/mol. The number of nitrogens with zero attached hydrogens (tertiary/aromatic N) is 1. The number of halogens is 1. The number of benzene rings is 1. The lowest BCUT2D eigenvalue weighted by Gasteiger charge is -2.07. The number of amides is 1. The first kappa shape index (κ1) is 12.8. The lowest BCUT2D eigenvalue weighted by molar-refractivity contribution is -0.118. The molecule has 19 heavy (non-hydrogen) atoms. The molecule has 0 fully saturated rings. The van der Waals surface area contributed by atoms with Crippen LogP contribution in [0.3, 0.4) is 0 Å². The summed E-state index contributed by atoms with van der Waals surface area (Å²) in [5, 5.41) is 2.48. The van der Waals surface area contributed by atoms with Gasteiger partial charge in [-0.2, -0.15) is 0 Å². The minimum atomic E-state index is -0.464. The Kier molecular flexibility index (Phi) is 3.92. The SMILES string of the molecule is Nc1cccc(OCC(=O)Nc2ccc(F)cn2)c1. The third-order valence-corrected chi connectivity index (χ3v) is 2.22. The van der Waals surface area contributed by atoms with Crippen LogP contribution in [0.5, 0.6) is 5.75 Å². The van der Waals surface area contributed by atoms with Crippen LogP contribution in [0.1, 0.15) is 0 Å². The van der Waals surface area contributed by atoms with Crippen LogP contribution >= 0.6 is 0 Å². The molecule has 0 atom stereocenters. The topological polar surface area (TPSA) is 77.2 Å². The normalized spacial score (nSPS) is 9.95. The van der Waals surface area contributed by atoms with E-state index < -0.39 is 5.82 Å². The maximum Gasteiger partial charge on any atom is 0.263 e. The fourth-order valence-corrected chi connectivity index (χ4v) is 1.38. The number of hydrogen-bond donors (Lipinski definition) is 2. The van der Waals surface area contributed by atoms with Gasteiger partial charge in [-0.15, -0.1) is 0 Å². The summed E-state index contributed by atoms with van der Waals surface area (Å²) >= 11 is 0. The molecule has 0 saturated carbocycles. The van der Waals surface area contributed by atoms with Gasteiger partial charge >= 0.3 is 0 Å². The molecule has 0 aliphatic carbocycles. The Balaban J connectivity index is 1.86. The molecule has 1 aromatic carbocycles. The molecule has 0 spiro atoms. The maximum atomic E-state index is 12.6. The Morgan fingerprint density at radius 3 is 2.89 bits per heavy atom. The van der Waals surface area contributed by atoms with E-state index in [2.05, 4.69) is 10.3 Å². The summed E-state index contributed by atoms with van der Waals surface area (Å²) in [6.07, 6.45) is 1.02. The molecule has 0 aliphatic heterocycles. The largest absolute Gasteiger partial charge is 0.484 e. The first-order valence-electron chi connectivity index (χ1n) is 5.53. The van der Waals surface area contributed by atoms with Crippen molar-refractivity contribution in [1.82, 2.24) is 4.98 Å². The predicted octanol–water partition coefficient (Wildman–Crippen LogP) is 1.82. The molecule has 3 N–H and O–H groups in total. The average Bonchev–Trinajstić information content (AvgIpc) is 2.39. The van der Waals surface area contributed by atoms with Crippen LogP contribution in [0.25, 0.3) is 0 Å². The van der Waals surface area contributed by atoms with Gasteiger partial charge in [-0.1, -0.05) is 6.07 Å². The molecule has 0 saturated heterocycles. The van der Waals surface area contributed by atoms with Crippen LogP contribution in [-0.2, 0) is 4.79 Å². The molecule has 1 heterocycles. The molecule has 1 amide bonds. The van der Waals surface area contributed by atoms with Crippen molar-refractivity contribution in [3.05, 3.63) is 48.4 Å².